The quantitative estimate of drug-likeness (QED) is 0.320. The first-order valence-corrected chi connectivity index (χ1v) is 10.2. The first-order chi connectivity index (χ1) is 12.5. The zero-order chi connectivity index (χ0) is 19.6. The molecule has 0 rings (SSSR count). The van der Waals surface area contributed by atoms with Gasteiger partial charge in [-0.1, -0.05) is 78.1 Å². The fourth-order valence-electron chi connectivity index (χ4n) is 2.76. The van der Waals surface area contributed by atoms with Crippen LogP contribution in [0.3, 0.4) is 0 Å². The summed E-state index contributed by atoms with van der Waals surface area (Å²) in [5, 5.41) is 18.6. The van der Waals surface area contributed by atoms with Gasteiger partial charge in [0, 0.05) is 13.2 Å². The van der Waals surface area contributed by atoms with Crippen molar-refractivity contribution in [2.24, 2.45) is 0 Å². The van der Waals surface area contributed by atoms with Gasteiger partial charge in [0.25, 0.3) is 0 Å². The highest BCUT2D eigenvalue weighted by atomic mass is 16.6. The van der Waals surface area contributed by atoms with Crippen LogP contribution in [0.4, 0.5) is 0 Å². The molecular weight excluding hydrogens is 336 g/mol. The van der Waals surface area contributed by atoms with Gasteiger partial charge in [-0.2, -0.15) is 0 Å². The lowest BCUT2D eigenvalue weighted by Gasteiger charge is -2.21. The number of rotatable bonds is 19. The molecule has 0 aromatic carbocycles. The van der Waals surface area contributed by atoms with Gasteiger partial charge in [0.2, 0.25) is 0 Å². The SMILES string of the molecule is CCCCCCCCOC(C(=O)O)C(OCCCCCCCC)C(=O)O. The van der Waals surface area contributed by atoms with Crippen molar-refractivity contribution < 1.29 is 29.3 Å². The van der Waals surface area contributed by atoms with Crippen molar-refractivity contribution in [3.05, 3.63) is 0 Å². The molecule has 0 spiro atoms. The number of aliphatic carboxylic acids is 2. The smallest absolute Gasteiger partial charge is 0.336 e. The summed E-state index contributed by atoms with van der Waals surface area (Å²) in [5.41, 5.74) is 0. The molecule has 154 valence electrons. The zero-order valence-electron chi connectivity index (χ0n) is 16.6. The number of hydrogen-bond acceptors (Lipinski definition) is 4. The van der Waals surface area contributed by atoms with E-state index in [0.29, 0.717) is 0 Å². The van der Waals surface area contributed by atoms with Crippen LogP contribution >= 0.6 is 0 Å². The third kappa shape index (κ3) is 13.1. The second-order valence-corrected chi connectivity index (χ2v) is 6.79. The van der Waals surface area contributed by atoms with E-state index >= 15 is 0 Å². The Kier molecular flexibility index (Phi) is 16.5. The molecule has 0 aliphatic carbocycles. The molecule has 0 saturated carbocycles. The second kappa shape index (κ2) is 17.3. The minimum atomic E-state index is -1.46. The van der Waals surface area contributed by atoms with Gasteiger partial charge in [0.1, 0.15) is 0 Å². The molecule has 0 aromatic heterocycles. The fourth-order valence-corrected chi connectivity index (χ4v) is 2.76. The summed E-state index contributed by atoms with van der Waals surface area (Å²) in [6, 6.07) is 0. The maximum atomic E-state index is 11.4. The van der Waals surface area contributed by atoms with Crippen LogP contribution in [0.15, 0.2) is 0 Å². The summed E-state index contributed by atoms with van der Waals surface area (Å²) < 4.78 is 10.7. The molecule has 0 bridgehead atoms. The van der Waals surface area contributed by atoms with Crippen LogP contribution in [-0.4, -0.2) is 47.6 Å². The highest BCUT2D eigenvalue weighted by Gasteiger charge is 2.35. The van der Waals surface area contributed by atoms with E-state index in [1.807, 2.05) is 0 Å². The molecule has 6 heteroatoms. The van der Waals surface area contributed by atoms with E-state index in [-0.39, 0.29) is 13.2 Å². The van der Waals surface area contributed by atoms with Gasteiger partial charge in [0.15, 0.2) is 12.2 Å². The third-order valence-electron chi connectivity index (χ3n) is 4.35. The van der Waals surface area contributed by atoms with E-state index in [0.717, 1.165) is 51.4 Å². The van der Waals surface area contributed by atoms with Crippen LogP contribution in [-0.2, 0) is 19.1 Å². The predicted molar refractivity (Wildman–Crippen MR) is 102 cm³/mol. The Morgan fingerprint density at radius 2 is 0.923 bits per heavy atom. The van der Waals surface area contributed by atoms with Gasteiger partial charge in [0.05, 0.1) is 0 Å². The lowest BCUT2D eigenvalue weighted by molar-refractivity contribution is -0.176. The topological polar surface area (TPSA) is 93.1 Å². The van der Waals surface area contributed by atoms with Gasteiger partial charge >= 0.3 is 11.9 Å². The Bertz CT molecular complexity index is 324. The monoisotopic (exact) mass is 374 g/mol. The second-order valence-electron chi connectivity index (χ2n) is 6.79. The number of hydrogen-bond donors (Lipinski definition) is 2. The number of carboxylic acid groups (broad SMARTS) is 2. The standard InChI is InChI=1S/C20H38O6/c1-3-5-7-9-11-13-15-25-17(19(21)22)18(20(23)24)26-16-14-12-10-8-6-4-2/h17-18H,3-16H2,1-2H3,(H,21,22)(H,23,24). The van der Waals surface area contributed by atoms with E-state index in [1.165, 1.54) is 25.7 Å². The number of ether oxygens (including phenoxy) is 2. The molecule has 2 N–H and O–H groups in total. The van der Waals surface area contributed by atoms with Crippen molar-refractivity contribution >= 4 is 11.9 Å². The van der Waals surface area contributed by atoms with Crippen molar-refractivity contribution in [2.75, 3.05) is 13.2 Å². The van der Waals surface area contributed by atoms with E-state index in [2.05, 4.69) is 13.8 Å². The molecule has 0 saturated heterocycles. The van der Waals surface area contributed by atoms with Gasteiger partial charge in [-0.05, 0) is 12.8 Å². The summed E-state index contributed by atoms with van der Waals surface area (Å²) in [6.45, 7) is 4.79. The molecule has 2 unspecified atom stereocenters. The average molecular weight is 375 g/mol. The lowest BCUT2D eigenvalue weighted by atomic mass is 10.1. The number of unbranched alkanes of at least 4 members (excludes halogenated alkanes) is 10. The van der Waals surface area contributed by atoms with E-state index in [4.69, 9.17) is 9.47 Å². The Morgan fingerprint density at radius 3 is 1.23 bits per heavy atom. The maximum absolute atomic E-state index is 11.4. The molecule has 0 aromatic rings. The van der Waals surface area contributed by atoms with E-state index in [9.17, 15) is 19.8 Å². The van der Waals surface area contributed by atoms with Gasteiger partial charge in [-0.25, -0.2) is 9.59 Å². The minimum absolute atomic E-state index is 0.243. The number of carbonyl (C=O) groups is 2. The molecule has 0 heterocycles. The van der Waals surface area contributed by atoms with Gasteiger partial charge < -0.3 is 19.7 Å². The van der Waals surface area contributed by atoms with Crippen LogP contribution < -0.4 is 0 Å². The summed E-state index contributed by atoms with van der Waals surface area (Å²) in [7, 11) is 0. The Balaban J connectivity index is 4.14. The molecule has 26 heavy (non-hydrogen) atoms. The van der Waals surface area contributed by atoms with Crippen LogP contribution in [0.25, 0.3) is 0 Å². The lowest BCUT2D eigenvalue weighted by Crippen LogP contribution is -2.44. The predicted octanol–water partition coefficient (Wildman–Crippen LogP) is 4.65. The molecule has 0 fully saturated rings. The van der Waals surface area contributed by atoms with E-state index in [1.54, 1.807) is 0 Å². The first-order valence-electron chi connectivity index (χ1n) is 10.2. The Hall–Kier alpha value is -1.14. The minimum Gasteiger partial charge on any atom is -0.479 e. The summed E-state index contributed by atoms with van der Waals surface area (Å²) in [6.07, 6.45) is 9.74. The largest absolute Gasteiger partial charge is 0.479 e. The van der Waals surface area contributed by atoms with Crippen molar-refractivity contribution in [1.82, 2.24) is 0 Å². The van der Waals surface area contributed by atoms with Gasteiger partial charge in [-0.3, -0.25) is 0 Å². The summed E-state index contributed by atoms with van der Waals surface area (Å²) in [4.78, 5) is 22.8. The average Bonchev–Trinajstić information content (AvgIpc) is 2.60. The zero-order valence-corrected chi connectivity index (χ0v) is 16.6. The highest BCUT2D eigenvalue weighted by molar-refractivity contribution is 5.83. The Labute approximate surface area is 158 Å². The molecule has 0 amide bonds. The van der Waals surface area contributed by atoms with Crippen LogP contribution in [0, 0.1) is 0 Å². The third-order valence-corrected chi connectivity index (χ3v) is 4.35. The van der Waals surface area contributed by atoms with E-state index < -0.39 is 24.1 Å². The maximum Gasteiger partial charge on any atom is 0.336 e. The van der Waals surface area contributed by atoms with Gasteiger partial charge in [-0.15, -0.1) is 0 Å². The molecule has 0 aliphatic rings. The van der Waals surface area contributed by atoms with Crippen LogP contribution in [0.5, 0.6) is 0 Å². The van der Waals surface area contributed by atoms with Crippen LogP contribution in [0.2, 0.25) is 0 Å². The Morgan fingerprint density at radius 1 is 0.615 bits per heavy atom. The first kappa shape index (κ1) is 24.9. The fraction of sp³-hybridized carbons (Fsp3) is 0.900. The summed E-state index contributed by atoms with van der Waals surface area (Å²) >= 11 is 0. The molecule has 0 radical (unpaired) electrons. The highest BCUT2D eigenvalue weighted by Crippen LogP contribution is 2.11. The van der Waals surface area contributed by atoms with Crippen LogP contribution in [0.1, 0.15) is 90.9 Å². The van der Waals surface area contributed by atoms with Crippen molar-refractivity contribution in [2.45, 2.75) is 103 Å². The number of carboxylic acids is 2. The molecule has 0 aliphatic heterocycles. The molecule has 2 atom stereocenters. The van der Waals surface area contributed by atoms with Crippen molar-refractivity contribution in [1.29, 1.82) is 0 Å². The van der Waals surface area contributed by atoms with Crippen molar-refractivity contribution in [3.8, 4) is 0 Å². The molecular formula is C20H38O6. The molecule has 6 nitrogen and oxygen atoms in total. The van der Waals surface area contributed by atoms with Crippen molar-refractivity contribution in [3.63, 3.8) is 0 Å². The summed E-state index contributed by atoms with van der Waals surface area (Å²) in [5.74, 6) is -2.57. The normalized spacial score (nSPS) is 13.5.